The van der Waals surface area contributed by atoms with Crippen LogP contribution in [-0.4, -0.2) is 89.7 Å². The van der Waals surface area contributed by atoms with Crippen LogP contribution in [0.2, 0.25) is 0 Å². The Labute approximate surface area is 231 Å². The second-order valence-corrected chi connectivity index (χ2v) is 9.82. The van der Waals surface area contributed by atoms with Crippen molar-refractivity contribution in [2.75, 3.05) is 18.7 Å². The molecule has 0 radical (unpaired) electrons. The monoisotopic (exact) mass is 572 g/mol. The minimum Gasteiger partial charge on any atom is -0.454 e. The normalized spacial score (nSPS) is 27.4. The van der Waals surface area contributed by atoms with Crippen molar-refractivity contribution in [1.29, 1.82) is 0 Å². The Morgan fingerprint density at radius 2 is 1.93 bits per heavy atom. The van der Waals surface area contributed by atoms with Gasteiger partial charge in [0.25, 0.3) is 0 Å². The highest BCUT2D eigenvalue weighted by atomic mass is 35.5. The van der Waals surface area contributed by atoms with Gasteiger partial charge >= 0.3 is 0 Å². The molecule has 3 aromatic rings. The number of imidazole rings is 1. The summed E-state index contributed by atoms with van der Waals surface area (Å²) in [5, 5.41) is 46.9. The molecule has 1 aliphatic carbocycles. The Kier molecular flexibility index (Phi) is 7.04. The molecule has 15 heteroatoms. The highest BCUT2D eigenvalue weighted by Gasteiger charge is 2.46. The molecule has 0 bridgehead atoms. The Morgan fingerprint density at radius 3 is 2.75 bits per heavy atom. The summed E-state index contributed by atoms with van der Waals surface area (Å²) in [4.78, 5) is 26.1. The summed E-state index contributed by atoms with van der Waals surface area (Å²) in [6.07, 6.45) is -1.03. The number of allylic oxidation sites excluding steroid dienone is 2. The smallest absolute Gasteiger partial charge is 0.250 e. The molecule has 6 rings (SSSR count). The fourth-order valence-electron chi connectivity index (χ4n) is 4.83. The van der Waals surface area contributed by atoms with Crippen molar-refractivity contribution in [1.82, 2.24) is 24.8 Å². The number of amides is 1. The fraction of sp³-hybridized carbons (Fsp3) is 0.360. The average molecular weight is 573 g/mol. The van der Waals surface area contributed by atoms with Crippen LogP contribution in [0.5, 0.6) is 11.5 Å². The van der Waals surface area contributed by atoms with Gasteiger partial charge in [0.15, 0.2) is 34.7 Å². The van der Waals surface area contributed by atoms with Gasteiger partial charge in [-0.2, -0.15) is 0 Å². The van der Waals surface area contributed by atoms with Gasteiger partial charge in [-0.3, -0.25) is 9.36 Å². The van der Waals surface area contributed by atoms with E-state index in [1.54, 1.807) is 0 Å². The Morgan fingerprint density at radius 1 is 1.10 bits per heavy atom. The van der Waals surface area contributed by atoms with Crippen molar-refractivity contribution in [2.24, 2.45) is 0 Å². The van der Waals surface area contributed by atoms with Crippen molar-refractivity contribution < 1.29 is 39.4 Å². The highest BCUT2D eigenvalue weighted by molar-refractivity contribution is 6.30. The summed E-state index contributed by atoms with van der Waals surface area (Å²) in [5.41, 5.74) is 1.53. The summed E-state index contributed by atoms with van der Waals surface area (Å²) in [5.74, 6) is 1.02. The minimum atomic E-state index is -1.57. The molecule has 2 aliphatic heterocycles. The number of carbonyl (C=O) groups is 1. The number of nitrogens with zero attached hydrogens (tertiary/aromatic N) is 4. The molecule has 6 atom stereocenters. The quantitative estimate of drug-likeness (QED) is 0.216. The van der Waals surface area contributed by atoms with E-state index in [1.165, 1.54) is 29.4 Å². The third kappa shape index (κ3) is 4.64. The van der Waals surface area contributed by atoms with Crippen LogP contribution in [-0.2, 0) is 16.1 Å². The molecule has 3 aliphatic rings. The Bertz CT molecular complexity index is 1510. The lowest BCUT2D eigenvalue weighted by atomic mass is 9.97. The SMILES string of the molecule is O=C(N[C@@H]1[C@H](O)[C@@H](CO)O[C@H]1n1cnc2c(NCc3ccc4c(c3)OCO4)ncnc21)C1=CC=C(Cl)C(O)C1O. The molecule has 6 N–H and O–H groups in total. The number of carbonyl (C=O) groups excluding carboxylic acids is 1. The van der Waals surface area contributed by atoms with Gasteiger partial charge in [-0.25, -0.2) is 15.0 Å². The third-order valence-electron chi connectivity index (χ3n) is 6.96. The van der Waals surface area contributed by atoms with Gasteiger partial charge in [0, 0.05) is 17.2 Å². The fourth-order valence-corrected chi connectivity index (χ4v) is 5.01. The number of halogens is 1. The van der Waals surface area contributed by atoms with Crippen molar-refractivity contribution in [2.45, 2.75) is 43.2 Å². The second kappa shape index (κ2) is 10.6. The summed E-state index contributed by atoms with van der Waals surface area (Å²) >= 11 is 5.85. The Balaban J connectivity index is 1.25. The maximum Gasteiger partial charge on any atom is 0.250 e. The standard InChI is InChI=1S/C25H25ClN6O8/c26-13-3-2-12(19(34)20(13)35)24(37)31-17-21(36)16(7-33)40-25(17)32-9-30-18-22(28-8-29-23(18)32)27-6-11-1-4-14-15(5-11)39-10-38-14/h1-5,8-9,16-17,19-21,25,33-36H,6-7,10H2,(H,31,37)(H,27,28,29)/t16-,17-,19?,20?,21-,25-/m1/s1. The number of anilines is 1. The maximum absolute atomic E-state index is 13.1. The molecule has 2 unspecified atom stereocenters. The van der Waals surface area contributed by atoms with Crippen molar-refractivity contribution in [3.05, 3.63) is 59.2 Å². The number of hydrogen-bond acceptors (Lipinski definition) is 12. The number of benzene rings is 1. The number of aliphatic hydroxyl groups excluding tert-OH is 4. The predicted molar refractivity (Wildman–Crippen MR) is 138 cm³/mol. The zero-order valence-electron chi connectivity index (χ0n) is 20.7. The molecular weight excluding hydrogens is 548 g/mol. The first kappa shape index (κ1) is 26.4. The van der Waals surface area contributed by atoms with Gasteiger partial charge in [0.2, 0.25) is 12.7 Å². The molecule has 0 saturated carbocycles. The third-order valence-corrected chi connectivity index (χ3v) is 7.31. The van der Waals surface area contributed by atoms with E-state index in [-0.39, 0.29) is 17.4 Å². The molecule has 4 heterocycles. The van der Waals surface area contributed by atoms with Crippen LogP contribution in [0.1, 0.15) is 11.8 Å². The first-order valence-electron chi connectivity index (χ1n) is 12.3. The van der Waals surface area contributed by atoms with Gasteiger partial charge in [0.1, 0.15) is 36.8 Å². The first-order valence-corrected chi connectivity index (χ1v) is 12.7. The number of fused-ring (bicyclic) bond motifs is 2. The molecular formula is C25H25ClN6O8. The van der Waals surface area contributed by atoms with Crippen LogP contribution >= 0.6 is 11.6 Å². The topological polar surface area (TPSA) is 193 Å². The molecule has 1 amide bonds. The number of nitrogens with one attached hydrogen (secondary N) is 2. The van der Waals surface area contributed by atoms with Crippen LogP contribution in [0.3, 0.4) is 0 Å². The van der Waals surface area contributed by atoms with Gasteiger partial charge in [-0.05, 0) is 29.8 Å². The average Bonchev–Trinajstić information content (AvgIpc) is 3.68. The van der Waals surface area contributed by atoms with Crippen LogP contribution in [0.4, 0.5) is 5.82 Å². The summed E-state index contributed by atoms with van der Waals surface area (Å²) in [6.45, 7) is 0.0654. The van der Waals surface area contributed by atoms with E-state index in [0.717, 1.165) is 5.56 Å². The molecule has 1 fully saturated rings. The lowest BCUT2D eigenvalue weighted by molar-refractivity contribution is -0.121. The zero-order chi connectivity index (χ0) is 28.0. The molecule has 40 heavy (non-hydrogen) atoms. The van der Waals surface area contributed by atoms with Crippen LogP contribution in [0, 0.1) is 0 Å². The predicted octanol–water partition coefficient (Wildman–Crippen LogP) is -0.313. The maximum atomic E-state index is 13.1. The lowest BCUT2D eigenvalue weighted by Gasteiger charge is -2.27. The zero-order valence-corrected chi connectivity index (χ0v) is 21.5. The Hall–Kier alpha value is -3.79. The number of aromatic nitrogens is 4. The van der Waals surface area contributed by atoms with Gasteiger partial charge in [0.05, 0.1) is 12.9 Å². The number of ether oxygens (including phenoxy) is 3. The van der Waals surface area contributed by atoms with Crippen LogP contribution in [0.15, 0.2) is 53.6 Å². The van der Waals surface area contributed by atoms with Crippen molar-refractivity contribution in [3.8, 4) is 11.5 Å². The molecule has 1 aromatic carbocycles. The van der Waals surface area contributed by atoms with Gasteiger partial charge < -0.3 is 45.3 Å². The van der Waals surface area contributed by atoms with E-state index in [4.69, 9.17) is 25.8 Å². The van der Waals surface area contributed by atoms with Gasteiger partial charge in [-0.15, -0.1) is 0 Å². The summed E-state index contributed by atoms with van der Waals surface area (Å²) < 4.78 is 18.2. The van der Waals surface area contributed by atoms with E-state index < -0.39 is 49.2 Å². The first-order chi connectivity index (χ1) is 19.4. The second-order valence-electron chi connectivity index (χ2n) is 9.39. The molecule has 2 aromatic heterocycles. The highest BCUT2D eigenvalue weighted by Crippen LogP contribution is 2.34. The van der Waals surface area contributed by atoms with E-state index in [0.29, 0.717) is 35.0 Å². The molecule has 210 valence electrons. The van der Waals surface area contributed by atoms with Crippen LogP contribution in [0.25, 0.3) is 11.2 Å². The molecule has 1 saturated heterocycles. The van der Waals surface area contributed by atoms with Crippen LogP contribution < -0.4 is 20.1 Å². The van der Waals surface area contributed by atoms with Gasteiger partial charge in [-0.1, -0.05) is 17.7 Å². The van der Waals surface area contributed by atoms with E-state index >= 15 is 0 Å². The van der Waals surface area contributed by atoms with E-state index in [2.05, 4.69) is 25.6 Å². The molecule has 0 spiro atoms. The lowest BCUT2D eigenvalue weighted by Crippen LogP contribution is -2.49. The largest absolute Gasteiger partial charge is 0.454 e. The van der Waals surface area contributed by atoms with Crippen molar-refractivity contribution >= 4 is 34.5 Å². The summed E-state index contributed by atoms with van der Waals surface area (Å²) in [7, 11) is 0. The van der Waals surface area contributed by atoms with Crippen molar-refractivity contribution in [3.63, 3.8) is 0 Å². The number of hydrogen-bond donors (Lipinski definition) is 6. The molecule has 14 nitrogen and oxygen atoms in total. The van der Waals surface area contributed by atoms with E-state index in [9.17, 15) is 25.2 Å². The number of aliphatic hydroxyl groups is 4. The summed E-state index contributed by atoms with van der Waals surface area (Å²) in [6, 6.07) is 4.51. The minimum absolute atomic E-state index is 0.0148. The van der Waals surface area contributed by atoms with E-state index in [1.807, 2.05) is 18.2 Å². The number of rotatable bonds is 7.